The topological polar surface area (TPSA) is 73.1 Å². The molecule has 25 heavy (non-hydrogen) atoms. The maximum Gasteiger partial charge on any atom is 0.257 e. The Hall–Kier alpha value is -2.44. The van der Waals surface area contributed by atoms with Crippen molar-refractivity contribution < 1.29 is 9.53 Å². The number of carbonyl (C=O) groups excluding carboxylic acids is 1. The fourth-order valence-electron chi connectivity index (χ4n) is 3.30. The van der Waals surface area contributed by atoms with Crippen molar-refractivity contribution >= 4 is 5.91 Å². The minimum atomic E-state index is 0.0170. The standard InChI is InChI=1S/C18H25N5O2/c1-5-16-13(8-21-23(16)9-12(2)3)18(24)22-7-6-15-14(10-22)17(25-4)20-11-19-15/h8,11-12H,5-7,9-10H2,1-4H3. The van der Waals surface area contributed by atoms with Crippen LogP contribution in [0.25, 0.3) is 0 Å². The summed E-state index contributed by atoms with van der Waals surface area (Å²) >= 11 is 0. The highest BCUT2D eigenvalue weighted by Gasteiger charge is 2.28. The van der Waals surface area contributed by atoms with Gasteiger partial charge in [-0.1, -0.05) is 20.8 Å². The molecular weight excluding hydrogens is 318 g/mol. The molecule has 3 heterocycles. The number of amides is 1. The molecule has 134 valence electrons. The van der Waals surface area contributed by atoms with Crippen LogP contribution in [0, 0.1) is 5.92 Å². The maximum atomic E-state index is 13.1. The molecule has 0 fully saturated rings. The lowest BCUT2D eigenvalue weighted by Gasteiger charge is -2.28. The van der Waals surface area contributed by atoms with Crippen molar-refractivity contribution in [2.75, 3.05) is 13.7 Å². The third-order valence-corrected chi connectivity index (χ3v) is 4.50. The Balaban J connectivity index is 1.86. The fraction of sp³-hybridized carbons (Fsp3) is 0.556. The molecular formula is C18H25N5O2. The highest BCUT2D eigenvalue weighted by atomic mass is 16.5. The molecule has 0 saturated carbocycles. The third-order valence-electron chi connectivity index (χ3n) is 4.50. The predicted octanol–water partition coefficient (Wildman–Crippen LogP) is 2.10. The minimum Gasteiger partial charge on any atom is -0.481 e. The van der Waals surface area contributed by atoms with Gasteiger partial charge in [-0.05, 0) is 12.3 Å². The lowest BCUT2D eigenvalue weighted by molar-refractivity contribution is 0.0730. The van der Waals surface area contributed by atoms with Crippen LogP contribution in [0.3, 0.4) is 0 Å². The molecule has 0 radical (unpaired) electrons. The fourth-order valence-corrected chi connectivity index (χ4v) is 3.30. The monoisotopic (exact) mass is 343 g/mol. The van der Waals surface area contributed by atoms with Gasteiger partial charge in [-0.25, -0.2) is 9.97 Å². The highest BCUT2D eigenvalue weighted by Crippen LogP contribution is 2.26. The molecule has 1 aliphatic heterocycles. The van der Waals surface area contributed by atoms with Gasteiger partial charge in [0.15, 0.2) is 0 Å². The number of methoxy groups -OCH3 is 1. The first-order valence-corrected chi connectivity index (χ1v) is 8.75. The number of rotatable bonds is 5. The van der Waals surface area contributed by atoms with Crippen molar-refractivity contribution in [3.63, 3.8) is 0 Å². The van der Waals surface area contributed by atoms with E-state index >= 15 is 0 Å². The summed E-state index contributed by atoms with van der Waals surface area (Å²) in [6.45, 7) is 8.29. The summed E-state index contributed by atoms with van der Waals surface area (Å²) < 4.78 is 7.29. The number of hydrogen-bond acceptors (Lipinski definition) is 5. The number of hydrogen-bond donors (Lipinski definition) is 0. The average Bonchev–Trinajstić information content (AvgIpc) is 3.01. The van der Waals surface area contributed by atoms with Crippen molar-refractivity contribution in [3.8, 4) is 5.88 Å². The van der Waals surface area contributed by atoms with Crippen LogP contribution in [0.2, 0.25) is 0 Å². The molecule has 3 rings (SSSR count). The van der Waals surface area contributed by atoms with E-state index in [-0.39, 0.29) is 5.91 Å². The first-order valence-electron chi connectivity index (χ1n) is 8.75. The zero-order valence-electron chi connectivity index (χ0n) is 15.3. The zero-order valence-corrected chi connectivity index (χ0v) is 15.3. The van der Waals surface area contributed by atoms with Gasteiger partial charge in [0.25, 0.3) is 5.91 Å². The molecule has 7 nitrogen and oxygen atoms in total. The Kier molecular flexibility index (Phi) is 5.01. The van der Waals surface area contributed by atoms with E-state index in [1.54, 1.807) is 13.3 Å². The Labute approximate surface area is 148 Å². The summed E-state index contributed by atoms with van der Waals surface area (Å²) in [7, 11) is 1.59. The molecule has 0 bridgehead atoms. The van der Waals surface area contributed by atoms with E-state index in [4.69, 9.17) is 4.74 Å². The van der Waals surface area contributed by atoms with E-state index in [9.17, 15) is 4.79 Å². The van der Waals surface area contributed by atoms with Crippen molar-refractivity contribution in [3.05, 3.63) is 35.0 Å². The molecule has 0 aromatic carbocycles. The Morgan fingerprint density at radius 2 is 2.16 bits per heavy atom. The SMILES string of the molecule is CCc1c(C(=O)N2CCc3ncnc(OC)c3C2)cnn1CC(C)C. The molecule has 0 saturated heterocycles. The van der Waals surface area contributed by atoms with Gasteiger partial charge in [-0.3, -0.25) is 9.48 Å². The Bertz CT molecular complexity index is 755. The maximum absolute atomic E-state index is 13.1. The molecule has 0 N–H and O–H groups in total. The highest BCUT2D eigenvalue weighted by molar-refractivity contribution is 5.95. The smallest absolute Gasteiger partial charge is 0.257 e. The first kappa shape index (κ1) is 17.4. The molecule has 7 heteroatoms. The summed E-state index contributed by atoms with van der Waals surface area (Å²) in [6, 6.07) is 0. The number of nitrogens with zero attached hydrogens (tertiary/aromatic N) is 5. The van der Waals surface area contributed by atoms with Gasteiger partial charge >= 0.3 is 0 Å². The number of aromatic nitrogens is 4. The van der Waals surface area contributed by atoms with Crippen molar-refractivity contribution in [2.45, 2.75) is 46.7 Å². The molecule has 2 aromatic rings. The Morgan fingerprint density at radius 1 is 1.36 bits per heavy atom. The second-order valence-corrected chi connectivity index (χ2v) is 6.72. The number of carbonyl (C=O) groups is 1. The number of fused-ring (bicyclic) bond motifs is 1. The van der Waals surface area contributed by atoms with E-state index in [1.807, 2.05) is 9.58 Å². The molecule has 0 unspecified atom stereocenters. The molecule has 0 spiro atoms. The van der Waals surface area contributed by atoms with Crippen molar-refractivity contribution in [1.82, 2.24) is 24.6 Å². The minimum absolute atomic E-state index is 0.0170. The van der Waals surface area contributed by atoms with E-state index < -0.39 is 0 Å². The van der Waals surface area contributed by atoms with Crippen LogP contribution in [0.1, 0.15) is 48.1 Å². The lowest BCUT2D eigenvalue weighted by atomic mass is 10.0. The van der Waals surface area contributed by atoms with Crippen molar-refractivity contribution in [1.29, 1.82) is 0 Å². The van der Waals surface area contributed by atoms with Gasteiger partial charge in [0.2, 0.25) is 5.88 Å². The van der Waals surface area contributed by atoms with E-state index in [2.05, 4.69) is 35.8 Å². The second-order valence-electron chi connectivity index (χ2n) is 6.72. The number of ether oxygens (including phenoxy) is 1. The van der Waals surface area contributed by atoms with Crippen LogP contribution in [0.15, 0.2) is 12.5 Å². The van der Waals surface area contributed by atoms with Crippen LogP contribution >= 0.6 is 0 Å². The third kappa shape index (κ3) is 3.36. The van der Waals surface area contributed by atoms with Gasteiger partial charge in [0, 0.05) is 19.5 Å². The lowest BCUT2D eigenvalue weighted by Crippen LogP contribution is -2.37. The van der Waals surface area contributed by atoms with Gasteiger partial charge in [0.1, 0.15) is 6.33 Å². The van der Waals surface area contributed by atoms with Crippen molar-refractivity contribution in [2.24, 2.45) is 5.92 Å². The van der Waals surface area contributed by atoms with Gasteiger partial charge in [-0.15, -0.1) is 0 Å². The first-order chi connectivity index (χ1) is 12.0. The van der Waals surface area contributed by atoms with E-state index in [0.29, 0.717) is 36.9 Å². The summed E-state index contributed by atoms with van der Waals surface area (Å²) in [6.07, 6.45) is 4.71. The van der Waals surface area contributed by atoms with E-state index in [1.165, 1.54) is 6.33 Å². The largest absolute Gasteiger partial charge is 0.481 e. The normalized spacial score (nSPS) is 13.9. The predicted molar refractivity (Wildman–Crippen MR) is 93.5 cm³/mol. The van der Waals surface area contributed by atoms with Crippen LogP contribution in [-0.4, -0.2) is 44.2 Å². The molecule has 1 amide bonds. The molecule has 2 aromatic heterocycles. The van der Waals surface area contributed by atoms with Crippen LogP contribution in [-0.2, 0) is 25.9 Å². The molecule has 0 atom stereocenters. The van der Waals surface area contributed by atoms with Gasteiger partial charge < -0.3 is 9.64 Å². The molecule has 1 aliphatic rings. The summed E-state index contributed by atoms with van der Waals surface area (Å²) in [5, 5.41) is 4.44. The van der Waals surface area contributed by atoms with Crippen LogP contribution in [0.5, 0.6) is 5.88 Å². The van der Waals surface area contributed by atoms with E-state index in [0.717, 1.165) is 29.9 Å². The van der Waals surface area contributed by atoms with Crippen LogP contribution < -0.4 is 4.74 Å². The second kappa shape index (κ2) is 7.21. The van der Waals surface area contributed by atoms with Gasteiger partial charge in [-0.2, -0.15) is 5.10 Å². The average molecular weight is 343 g/mol. The summed E-state index contributed by atoms with van der Waals surface area (Å²) in [4.78, 5) is 23.4. The van der Waals surface area contributed by atoms with Crippen LogP contribution in [0.4, 0.5) is 0 Å². The summed E-state index contributed by atoms with van der Waals surface area (Å²) in [5.74, 6) is 1.05. The molecule has 0 aliphatic carbocycles. The Morgan fingerprint density at radius 3 is 2.84 bits per heavy atom. The zero-order chi connectivity index (χ0) is 18.0. The summed E-state index contributed by atoms with van der Waals surface area (Å²) in [5.41, 5.74) is 3.56. The quantitative estimate of drug-likeness (QED) is 0.831. The van der Waals surface area contributed by atoms with Gasteiger partial charge in [0.05, 0.1) is 42.4 Å².